The van der Waals surface area contributed by atoms with Gasteiger partial charge in [-0.2, -0.15) is 0 Å². The Morgan fingerprint density at radius 3 is 2.69 bits per heavy atom. The van der Waals surface area contributed by atoms with Gasteiger partial charge in [-0.05, 0) is 0 Å². The SMILES string of the molecule is COC(=O)Oc1cc(Cl)c(F)cc1[N+](=O)[O-]. The van der Waals surface area contributed by atoms with E-state index in [0.29, 0.717) is 6.07 Å². The molecule has 0 aliphatic rings. The van der Waals surface area contributed by atoms with Crippen molar-refractivity contribution >= 4 is 23.4 Å². The predicted molar refractivity (Wildman–Crippen MR) is 51.1 cm³/mol. The highest BCUT2D eigenvalue weighted by molar-refractivity contribution is 6.31. The number of carbonyl (C=O) groups is 1. The van der Waals surface area contributed by atoms with Gasteiger partial charge in [-0.1, -0.05) is 11.6 Å². The van der Waals surface area contributed by atoms with Gasteiger partial charge in [0, 0.05) is 6.07 Å². The quantitative estimate of drug-likeness (QED) is 0.348. The molecule has 0 aromatic heterocycles. The minimum absolute atomic E-state index is 0.399. The summed E-state index contributed by atoms with van der Waals surface area (Å²) < 4.78 is 21.5. The van der Waals surface area contributed by atoms with Crippen LogP contribution >= 0.6 is 11.6 Å². The van der Waals surface area contributed by atoms with E-state index >= 15 is 0 Å². The molecule has 16 heavy (non-hydrogen) atoms. The van der Waals surface area contributed by atoms with E-state index in [-0.39, 0.29) is 0 Å². The van der Waals surface area contributed by atoms with Gasteiger partial charge in [0.25, 0.3) is 0 Å². The maximum absolute atomic E-state index is 12.9. The molecule has 0 heterocycles. The second-order valence-corrected chi connectivity index (χ2v) is 2.95. The monoisotopic (exact) mass is 249 g/mol. The van der Waals surface area contributed by atoms with E-state index in [4.69, 9.17) is 11.6 Å². The lowest BCUT2D eigenvalue weighted by Gasteiger charge is -2.04. The number of hydrogen-bond acceptors (Lipinski definition) is 5. The highest BCUT2D eigenvalue weighted by Crippen LogP contribution is 2.32. The van der Waals surface area contributed by atoms with Crippen LogP contribution < -0.4 is 4.74 Å². The van der Waals surface area contributed by atoms with E-state index in [2.05, 4.69) is 9.47 Å². The van der Waals surface area contributed by atoms with Gasteiger partial charge in [0.2, 0.25) is 5.75 Å². The Kier molecular flexibility index (Phi) is 3.62. The first-order chi connectivity index (χ1) is 7.45. The average Bonchev–Trinajstić information content (AvgIpc) is 2.22. The lowest BCUT2D eigenvalue weighted by atomic mass is 10.3. The average molecular weight is 250 g/mol. The van der Waals surface area contributed by atoms with E-state index < -0.39 is 33.4 Å². The van der Waals surface area contributed by atoms with Crippen molar-refractivity contribution in [3.05, 3.63) is 33.1 Å². The molecule has 0 N–H and O–H groups in total. The standard InChI is InChI=1S/C8H5ClFNO5/c1-15-8(12)16-7-2-4(9)5(10)3-6(7)11(13)14/h2-3H,1H3. The summed E-state index contributed by atoms with van der Waals surface area (Å²) in [6.45, 7) is 0. The lowest BCUT2D eigenvalue weighted by Crippen LogP contribution is -2.09. The first kappa shape index (κ1) is 12.2. The Balaban J connectivity index is 3.19. The summed E-state index contributed by atoms with van der Waals surface area (Å²) in [6, 6.07) is 1.38. The zero-order valence-corrected chi connectivity index (χ0v) is 8.66. The van der Waals surface area contributed by atoms with Crippen LogP contribution in [0.25, 0.3) is 0 Å². The van der Waals surface area contributed by atoms with Crippen LogP contribution in [0.1, 0.15) is 0 Å². The van der Waals surface area contributed by atoms with Crippen molar-refractivity contribution in [2.45, 2.75) is 0 Å². The van der Waals surface area contributed by atoms with Gasteiger partial charge in [0.15, 0.2) is 0 Å². The Morgan fingerprint density at radius 1 is 1.56 bits per heavy atom. The van der Waals surface area contributed by atoms with Crippen LogP contribution in [0.3, 0.4) is 0 Å². The molecular formula is C8H5ClFNO5. The summed E-state index contributed by atoms with van der Waals surface area (Å²) in [5.41, 5.74) is -0.715. The number of hydrogen-bond donors (Lipinski definition) is 0. The van der Waals surface area contributed by atoms with Crippen molar-refractivity contribution in [2.75, 3.05) is 7.11 Å². The van der Waals surface area contributed by atoms with E-state index in [1.54, 1.807) is 0 Å². The molecule has 0 aliphatic heterocycles. The predicted octanol–water partition coefficient (Wildman–Crippen LogP) is 2.53. The molecule has 0 saturated carbocycles. The van der Waals surface area contributed by atoms with Crippen LogP contribution in [-0.4, -0.2) is 18.2 Å². The van der Waals surface area contributed by atoms with Gasteiger partial charge in [0.05, 0.1) is 23.1 Å². The van der Waals surface area contributed by atoms with Crippen molar-refractivity contribution in [3.63, 3.8) is 0 Å². The van der Waals surface area contributed by atoms with Gasteiger partial charge in [-0.3, -0.25) is 10.1 Å². The van der Waals surface area contributed by atoms with Gasteiger partial charge in [-0.15, -0.1) is 0 Å². The summed E-state index contributed by atoms with van der Waals surface area (Å²) in [5.74, 6) is -1.46. The summed E-state index contributed by atoms with van der Waals surface area (Å²) in [6.07, 6.45) is -1.16. The Hall–Kier alpha value is -1.89. The number of rotatable bonds is 2. The lowest BCUT2D eigenvalue weighted by molar-refractivity contribution is -0.385. The number of ether oxygens (including phenoxy) is 2. The van der Waals surface area contributed by atoms with E-state index in [0.717, 1.165) is 13.2 Å². The van der Waals surface area contributed by atoms with Gasteiger partial charge in [-0.25, -0.2) is 9.18 Å². The maximum Gasteiger partial charge on any atom is 0.513 e. The molecule has 0 aliphatic carbocycles. The molecule has 0 atom stereocenters. The molecule has 0 fully saturated rings. The molecule has 1 rings (SSSR count). The van der Waals surface area contributed by atoms with Crippen LogP contribution in [0.2, 0.25) is 5.02 Å². The van der Waals surface area contributed by atoms with E-state index in [1.807, 2.05) is 0 Å². The summed E-state index contributed by atoms with van der Waals surface area (Å²) >= 11 is 5.39. The molecule has 0 radical (unpaired) electrons. The number of halogens is 2. The highest BCUT2D eigenvalue weighted by atomic mass is 35.5. The smallest absolute Gasteiger partial charge is 0.437 e. The molecule has 0 bridgehead atoms. The van der Waals surface area contributed by atoms with E-state index in [9.17, 15) is 19.3 Å². The molecule has 86 valence electrons. The number of benzene rings is 1. The number of methoxy groups -OCH3 is 1. The van der Waals surface area contributed by atoms with E-state index in [1.165, 1.54) is 0 Å². The minimum atomic E-state index is -1.16. The third-order valence-electron chi connectivity index (χ3n) is 1.56. The molecule has 0 unspecified atom stereocenters. The Labute approximate surface area is 93.7 Å². The van der Waals surface area contributed by atoms with Crippen molar-refractivity contribution in [1.82, 2.24) is 0 Å². The fourth-order valence-corrected chi connectivity index (χ4v) is 1.03. The number of nitrogens with zero attached hydrogens (tertiary/aromatic N) is 1. The number of carbonyl (C=O) groups excluding carboxylic acids is 1. The highest BCUT2D eigenvalue weighted by Gasteiger charge is 2.21. The van der Waals surface area contributed by atoms with Crippen molar-refractivity contribution in [2.24, 2.45) is 0 Å². The van der Waals surface area contributed by atoms with Crippen LogP contribution in [-0.2, 0) is 4.74 Å². The second-order valence-electron chi connectivity index (χ2n) is 2.55. The molecule has 1 aromatic rings. The first-order valence-corrected chi connectivity index (χ1v) is 4.22. The molecular weight excluding hydrogens is 245 g/mol. The van der Waals surface area contributed by atoms with Crippen molar-refractivity contribution < 1.29 is 23.6 Å². The van der Waals surface area contributed by atoms with Crippen molar-refractivity contribution in [1.29, 1.82) is 0 Å². The Bertz CT molecular complexity index is 450. The van der Waals surface area contributed by atoms with Gasteiger partial charge in [0.1, 0.15) is 5.82 Å². The third-order valence-corrected chi connectivity index (χ3v) is 1.85. The fourth-order valence-electron chi connectivity index (χ4n) is 0.874. The van der Waals surface area contributed by atoms with Crippen LogP contribution in [0, 0.1) is 15.9 Å². The second kappa shape index (κ2) is 4.75. The molecule has 0 saturated heterocycles. The van der Waals surface area contributed by atoms with Gasteiger partial charge >= 0.3 is 11.8 Å². The maximum atomic E-state index is 12.9. The molecule has 0 amide bonds. The minimum Gasteiger partial charge on any atom is -0.437 e. The third kappa shape index (κ3) is 2.57. The number of nitro groups is 1. The zero-order valence-electron chi connectivity index (χ0n) is 7.90. The van der Waals surface area contributed by atoms with Crippen LogP contribution in [0.15, 0.2) is 12.1 Å². The van der Waals surface area contributed by atoms with Crippen LogP contribution in [0.4, 0.5) is 14.9 Å². The summed E-state index contributed by atoms with van der Waals surface area (Å²) in [5, 5.41) is 10.1. The van der Waals surface area contributed by atoms with Crippen molar-refractivity contribution in [3.8, 4) is 5.75 Å². The molecule has 6 nitrogen and oxygen atoms in total. The summed E-state index contributed by atoms with van der Waals surface area (Å²) in [7, 11) is 1.03. The first-order valence-electron chi connectivity index (χ1n) is 3.85. The number of nitro benzene ring substituents is 1. The molecule has 8 heteroatoms. The fraction of sp³-hybridized carbons (Fsp3) is 0.125. The van der Waals surface area contributed by atoms with Crippen LogP contribution in [0.5, 0.6) is 5.75 Å². The topological polar surface area (TPSA) is 78.7 Å². The molecule has 1 aromatic carbocycles. The summed E-state index contributed by atoms with van der Waals surface area (Å²) in [4.78, 5) is 20.4. The van der Waals surface area contributed by atoms with Gasteiger partial charge < -0.3 is 9.47 Å². The normalized spacial score (nSPS) is 9.69. The largest absolute Gasteiger partial charge is 0.513 e. The Morgan fingerprint density at radius 2 is 2.19 bits per heavy atom. The zero-order chi connectivity index (χ0) is 12.3. The molecule has 0 spiro atoms.